The van der Waals surface area contributed by atoms with E-state index in [2.05, 4.69) is 15.7 Å². The van der Waals surface area contributed by atoms with Gasteiger partial charge in [-0.2, -0.15) is 5.10 Å². The number of benzene rings is 3. The van der Waals surface area contributed by atoms with Gasteiger partial charge in [-0.3, -0.25) is 9.59 Å². The van der Waals surface area contributed by atoms with E-state index in [1.54, 1.807) is 12.1 Å². The van der Waals surface area contributed by atoms with E-state index in [1.165, 1.54) is 29.1 Å². The Morgan fingerprint density at radius 1 is 0.871 bits per heavy atom. The topological polar surface area (TPSA) is 76.0 Å². The van der Waals surface area contributed by atoms with E-state index < -0.39 is 11.7 Å². The highest BCUT2D eigenvalue weighted by molar-refractivity contribution is 6.08. The second kappa shape index (κ2) is 9.04. The third-order valence-corrected chi connectivity index (χ3v) is 4.63. The summed E-state index contributed by atoms with van der Waals surface area (Å²) in [6.07, 6.45) is 1.40. The monoisotopic (exact) mass is 414 g/mol. The number of carbonyl (C=O) groups is 2. The molecule has 1 aromatic heterocycles. The zero-order valence-corrected chi connectivity index (χ0v) is 16.5. The molecule has 0 unspecified atom stereocenters. The van der Waals surface area contributed by atoms with Gasteiger partial charge >= 0.3 is 0 Å². The third-order valence-electron chi connectivity index (χ3n) is 4.63. The summed E-state index contributed by atoms with van der Waals surface area (Å²) in [6.45, 7) is 0.327. The van der Waals surface area contributed by atoms with Crippen molar-refractivity contribution < 1.29 is 14.0 Å². The fourth-order valence-corrected chi connectivity index (χ4v) is 3.08. The number of hydrogen-bond donors (Lipinski definition) is 2. The van der Waals surface area contributed by atoms with Crippen LogP contribution in [0, 0.1) is 5.82 Å². The zero-order valence-electron chi connectivity index (χ0n) is 16.5. The first-order valence-corrected chi connectivity index (χ1v) is 9.64. The van der Waals surface area contributed by atoms with Gasteiger partial charge in [-0.15, -0.1) is 0 Å². The molecule has 154 valence electrons. The molecule has 7 heteroatoms. The highest BCUT2D eigenvalue weighted by Gasteiger charge is 2.21. The quantitative estimate of drug-likeness (QED) is 0.497. The maximum Gasteiger partial charge on any atom is 0.256 e. The summed E-state index contributed by atoms with van der Waals surface area (Å²) >= 11 is 0. The highest BCUT2D eigenvalue weighted by atomic mass is 19.1. The summed E-state index contributed by atoms with van der Waals surface area (Å²) in [5.41, 5.74) is 1.94. The summed E-state index contributed by atoms with van der Waals surface area (Å²) in [5.74, 6) is -1.26. The fraction of sp³-hybridized carbons (Fsp3) is 0.0417. The van der Waals surface area contributed by atoms with Crippen LogP contribution in [0.4, 0.5) is 10.2 Å². The molecule has 2 N–H and O–H groups in total. The number of carbonyl (C=O) groups excluding carboxylic acids is 2. The van der Waals surface area contributed by atoms with E-state index in [1.807, 2.05) is 48.5 Å². The molecule has 0 saturated carbocycles. The minimum atomic E-state index is -0.547. The maximum atomic E-state index is 13.6. The van der Waals surface area contributed by atoms with Crippen LogP contribution in [0.25, 0.3) is 5.69 Å². The highest BCUT2D eigenvalue weighted by Crippen LogP contribution is 2.21. The molecule has 0 bridgehead atoms. The van der Waals surface area contributed by atoms with Gasteiger partial charge in [-0.05, 0) is 35.9 Å². The Morgan fingerprint density at radius 2 is 1.58 bits per heavy atom. The molecule has 0 radical (unpaired) electrons. The molecule has 0 fully saturated rings. The molecule has 1 heterocycles. The van der Waals surface area contributed by atoms with Crippen LogP contribution < -0.4 is 10.6 Å². The third kappa shape index (κ3) is 4.67. The van der Waals surface area contributed by atoms with E-state index in [-0.39, 0.29) is 22.9 Å². The van der Waals surface area contributed by atoms with Gasteiger partial charge in [-0.25, -0.2) is 9.07 Å². The molecular weight excluding hydrogens is 395 g/mol. The Labute approximate surface area is 178 Å². The molecule has 31 heavy (non-hydrogen) atoms. The van der Waals surface area contributed by atoms with E-state index in [0.29, 0.717) is 12.2 Å². The molecule has 6 nitrogen and oxygen atoms in total. The van der Waals surface area contributed by atoms with Crippen LogP contribution in [0.5, 0.6) is 0 Å². The predicted octanol–water partition coefficient (Wildman–Crippen LogP) is 4.19. The van der Waals surface area contributed by atoms with Crippen molar-refractivity contribution >= 4 is 17.6 Å². The normalized spacial score (nSPS) is 10.5. The van der Waals surface area contributed by atoms with Crippen molar-refractivity contribution in [1.29, 1.82) is 0 Å². The first kappa shape index (κ1) is 20.0. The Bertz CT molecular complexity index is 1210. The SMILES string of the molecule is O=C(Nc1c(C(=O)NCc2ccccc2)cnn1-c1ccccc1)c1cccc(F)c1. The van der Waals surface area contributed by atoms with E-state index in [9.17, 15) is 14.0 Å². The van der Waals surface area contributed by atoms with Crippen LogP contribution in [-0.2, 0) is 6.54 Å². The summed E-state index contributed by atoms with van der Waals surface area (Å²) in [7, 11) is 0. The van der Waals surface area contributed by atoms with Gasteiger partial charge in [0.25, 0.3) is 11.8 Å². The molecule has 0 atom stereocenters. The second-order valence-electron chi connectivity index (χ2n) is 6.79. The molecule has 2 amide bonds. The predicted molar refractivity (Wildman–Crippen MR) is 116 cm³/mol. The number of halogens is 1. The first-order valence-electron chi connectivity index (χ1n) is 9.64. The van der Waals surface area contributed by atoms with E-state index in [0.717, 1.165) is 11.6 Å². The van der Waals surface area contributed by atoms with Crippen LogP contribution in [0.1, 0.15) is 26.3 Å². The van der Waals surface area contributed by atoms with Gasteiger partial charge in [0.15, 0.2) is 0 Å². The first-order chi connectivity index (χ1) is 15.1. The number of nitrogens with zero attached hydrogens (tertiary/aromatic N) is 2. The van der Waals surface area contributed by atoms with Crippen molar-refractivity contribution in [3.05, 3.63) is 114 Å². The number of para-hydroxylation sites is 1. The average Bonchev–Trinajstić information content (AvgIpc) is 3.22. The minimum Gasteiger partial charge on any atom is -0.348 e. The molecule has 3 aromatic carbocycles. The van der Waals surface area contributed by atoms with Gasteiger partial charge in [0.2, 0.25) is 0 Å². The summed E-state index contributed by atoms with van der Waals surface area (Å²) < 4.78 is 15.0. The van der Waals surface area contributed by atoms with Crippen molar-refractivity contribution in [2.45, 2.75) is 6.54 Å². The molecule has 0 spiro atoms. The van der Waals surface area contributed by atoms with Crippen molar-refractivity contribution in [1.82, 2.24) is 15.1 Å². The number of amides is 2. The molecule has 0 saturated heterocycles. The number of aromatic nitrogens is 2. The van der Waals surface area contributed by atoms with Crippen LogP contribution in [0.2, 0.25) is 0 Å². The number of rotatable bonds is 6. The molecular formula is C24H19FN4O2. The van der Waals surface area contributed by atoms with Gasteiger partial charge in [-0.1, -0.05) is 54.6 Å². The zero-order chi connectivity index (χ0) is 21.6. The Morgan fingerprint density at radius 3 is 2.29 bits per heavy atom. The molecule has 4 rings (SSSR count). The Balaban J connectivity index is 1.64. The van der Waals surface area contributed by atoms with Crippen molar-refractivity contribution in [2.75, 3.05) is 5.32 Å². The lowest BCUT2D eigenvalue weighted by Gasteiger charge is -2.12. The molecule has 0 aliphatic rings. The van der Waals surface area contributed by atoms with Crippen molar-refractivity contribution in [3.8, 4) is 5.69 Å². The largest absolute Gasteiger partial charge is 0.348 e. The van der Waals surface area contributed by atoms with Crippen LogP contribution in [0.15, 0.2) is 91.1 Å². The number of nitrogens with one attached hydrogen (secondary N) is 2. The lowest BCUT2D eigenvalue weighted by atomic mass is 10.2. The smallest absolute Gasteiger partial charge is 0.256 e. The fourth-order valence-electron chi connectivity index (χ4n) is 3.08. The van der Waals surface area contributed by atoms with Gasteiger partial charge in [0.1, 0.15) is 17.2 Å². The van der Waals surface area contributed by atoms with Gasteiger partial charge in [0.05, 0.1) is 11.9 Å². The summed E-state index contributed by atoms with van der Waals surface area (Å²) in [4.78, 5) is 25.6. The number of hydrogen-bond acceptors (Lipinski definition) is 3. The van der Waals surface area contributed by atoms with Crippen LogP contribution >= 0.6 is 0 Å². The Kier molecular flexibility index (Phi) is 5.84. The van der Waals surface area contributed by atoms with Crippen LogP contribution in [0.3, 0.4) is 0 Å². The van der Waals surface area contributed by atoms with E-state index in [4.69, 9.17) is 0 Å². The lowest BCUT2D eigenvalue weighted by molar-refractivity contribution is 0.0952. The van der Waals surface area contributed by atoms with Crippen LogP contribution in [-0.4, -0.2) is 21.6 Å². The molecule has 0 aliphatic heterocycles. The standard InChI is InChI=1S/C24H19FN4O2/c25-19-11-7-10-18(14-19)23(30)28-22-21(16-27-29(22)20-12-5-2-6-13-20)24(31)26-15-17-8-3-1-4-9-17/h1-14,16H,15H2,(H,26,31)(H,28,30). The van der Waals surface area contributed by atoms with Crippen molar-refractivity contribution in [3.63, 3.8) is 0 Å². The second-order valence-corrected chi connectivity index (χ2v) is 6.79. The maximum absolute atomic E-state index is 13.6. The lowest BCUT2D eigenvalue weighted by Crippen LogP contribution is -2.25. The molecule has 4 aromatic rings. The minimum absolute atomic E-state index is 0.136. The molecule has 0 aliphatic carbocycles. The van der Waals surface area contributed by atoms with Crippen molar-refractivity contribution in [2.24, 2.45) is 0 Å². The van der Waals surface area contributed by atoms with E-state index >= 15 is 0 Å². The average molecular weight is 414 g/mol. The van der Waals surface area contributed by atoms with Gasteiger partial charge < -0.3 is 10.6 Å². The Hall–Kier alpha value is -4.26. The summed E-state index contributed by atoms with van der Waals surface area (Å²) in [6, 6.07) is 23.9. The summed E-state index contributed by atoms with van der Waals surface area (Å²) in [5, 5.41) is 9.85. The van der Waals surface area contributed by atoms with Gasteiger partial charge in [0, 0.05) is 12.1 Å². The number of anilines is 1.